The van der Waals surface area contributed by atoms with Gasteiger partial charge in [-0.25, -0.2) is 4.39 Å². The van der Waals surface area contributed by atoms with Crippen molar-refractivity contribution in [1.82, 2.24) is 5.32 Å². The second kappa shape index (κ2) is 7.26. The SMILES string of the molecule is CSc1ccsc1C(=O)NCC(O)c1ccc(Cl)c(F)c1. The first kappa shape index (κ1) is 16.3. The minimum atomic E-state index is -0.988. The average Bonchev–Trinajstić information content (AvgIpc) is 2.95. The molecular weight excluding hydrogens is 333 g/mol. The third-order valence-electron chi connectivity index (χ3n) is 2.84. The maximum Gasteiger partial charge on any atom is 0.262 e. The van der Waals surface area contributed by atoms with E-state index in [0.717, 1.165) is 11.0 Å². The summed E-state index contributed by atoms with van der Waals surface area (Å²) in [7, 11) is 0. The van der Waals surface area contributed by atoms with Gasteiger partial charge in [0.2, 0.25) is 0 Å². The number of aliphatic hydroxyl groups excluding tert-OH is 1. The normalized spacial score (nSPS) is 12.2. The van der Waals surface area contributed by atoms with Crippen LogP contribution in [0.25, 0.3) is 0 Å². The highest BCUT2D eigenvalue weighted by Crippen LogP contribution is 2.25. The lowest BCUT2D eigenvalue weighted by Crippen LogP contribution is -2.28. The molecule has 0 saturated heterocycles. The van der Waals surface area contributed by atoms with E-state index in [-0.39, 0.29) is 17.5 Å². The van der Waals surface area contributed by atoms with Crippen molar-refractivity contribution in [3.63, 3.8) is 0 Å². The summed E-state index contributed by atoms with van der Waals surface area (Å²) in [5.41, 5.74) is 0.369. The minimum Gasteiger partial charge on any atom is -0.387 e. The molecule has 21 heavy (non-hydrogen) atoms. The number of halogens is 2. The Morgan fingerprint density at radius 2 is 2.29 bits per heavy atom. The quantitative estimate of drug-likeness (QED) is 0.812. The molecule has 0 fully saturated rings. The largest absolute Gasteiger partial charge is 0.387 e. The smallest absolute Gasteiger partial charge is 0.262 e. The number of rotatable bonds is 5. The van der Waals surface area contributed by atoms with Crippen molar-refractivity contribution in [3.05, 3.63) is 50.9 Å². The molecule has 1 unspecified atom stereocenters. The molecule has 0 bridgehead atoms. The van der Waals surface area contributed by atoms with Crippen molar-refractivity contribution in [2.75, 3.05) is 12.8 Å². The molecule has 112 valence electrons. The number of hydrogen-bond donors (Lipinski definition) is 2. The van der Waals surface area contributed by atoms with Crippen LogP contribution in [0.3, 0.4) is 0 Å². The van der Waals surface area contributed by atoms with Crippen molar-refractivity contribution in [2.45, 2.75) is 11.0 Å². The van der Waals surface area contributed by atoms with Crippen molar-refractivity contribution >= 4 is 40.6 Å². The van der Waals surface area contributed by atoms with Gasteiger partial charge in [0.1, 0.15) is 10.7 Å². The van der Waals surface area contributed by atoms with Crippen molar-refractivity contribution in [1.29, 1.82) is 0 Å². The molecule has 0 aliphatic carbocycles. The van der Waals surface area contributed by atoms with Crippen LogP contribution in [-0.4, -0.2) is 23.8 Å². The zero-order valence-corrected chi connectivity index (χ0v) is 13.5. The van der Waals surface area contributed by atoms with E-state index < -0.39 is 11.9 Å². The highest BCUT2D eigenvalue weighted by atomic mass is 35.5. The second-order valence-corrected chi connectivity index (χ2v) is 6.39. The van der Waals surface area contributed by atoms with E-state index in [1.54, 1.807) is 0 Å². The fourth-order valence-electron chi connectivity index (χ4n) is 1.73. The first-order valence-corrected chi connectivity index (χ1v) is 8.54. The topological polar surface area (TPSA) is 49.3 Å². The monoisotopic (exact) mass is 345 g/mol. The zero-order valence-electron chi connectivity index (χ0n) is 11.1. The highest BCUT2D eigenvalue weighted by Gasteiger charge is 2.15. The third-order valence-corrected chi connectivity index (χ3v) is 4.97. The number of aliphatic hydroxyl groups is 1. The summed E-state index contributed by atoms with van der Waals surface area (Å²) in [4.78, 5) is 13.5. The molecule has 3 nitrogen and oxygen atoms in total. The van der Waals surface area contributed by atoms with Crippen LogP contribution in [0.15, 0.2) is 34.5 Å². The Hall–Kier alpha value is -1.08. The second-order valence-electron chi connectivity index (χ2n) is 4.22. The predicted octanol–water partition coefficient (Wildman–Crippen LogP) is 3.73. The predicted molar refractivity (Wildman–Crippen MR) is 84.8 cm³/mol. The molecule has 1 aromatic heterocycles. The molecule has 0 spiro atoms. The molecule has 1 amide bonds. The molecule has 1 aromatic carbocycles. The van der Waals surface area contributed by atoms with Crippen LogP contribution in [0.2, 0.25) is 5.02 Å². The van der Waals surface area contributed by atoms with Crippen molar-refractivity contribution in [2.24, 2.45) is 0 Å². The molecular formula is C14H13ClFNO2S2. The molecule has 2 N–H and O–H groups in total. The van der Waals surface area contributed by atoms with Gasteiger partial charge < -0.3 is 10.4 Å². The molecule has 2 rings (SSSR count). The molecule has 0 aliphatic heterocycles. The average molecular weight is 346 g/mol. The van der Waals surface area contributed by atoms with Gasteiger partial charge in [0.05, 0.1) is 11.1 Å². The maximum atomic E-state index is 13.3. The molecule has 7 heteroatoms. The maximum absolute atomic E-state index is 13.3. The summed E-state index contributed by atoms with van der Waals surface area (Å²) in [5.74, 6) is -0.842. The molecule has 0 radical (unpaired) electrons. The van der Waals surface area contributed by atoms with E-state index in [9.17, 15) is 14.3 Å². The van der Waals surface area contributed by atoms with E-state index in [0.29, 0.717) is 10.4 Å². The fraction of sp³-hybridized carbons (Fsp3) is 0.214. The van der Waals surface area contributed by atoms with Gasteiger partial charge in [-0.2, -0.15) is 0 Å². The van der Waals surface area contributed by atoms with Crippen LogP contribution in [-0.2, 0) is 0 Å². The van der Waals surface area contributed by atoms with Crippen LogP contribution in [0.1, 0.15) is 21.3 Å². The summed E-state index contributed by atoms with van der Waals surface area (Å²) < 4.78 is 13.3. The number of thiophene rings is 1. The van der Waals surface area contributed by atoms with Crippen molar-refractivity contribution < 1.29 is 14.3 Å². The van der Waals surface area contributed by atoms with Crippen LogP contribution in [0.4, 0.5) is 4.39 Å². The third kappa shape index (κ3) is 3.97. The number of hydrogen-bond acceptors (Lipinski definition) is 4. The number of carbonyl (C=O) groups excluding carboxylic acids is 1. The molecule has 1 atom stereocenters. The molecule has 0 saturated carbocycles. The Labute approximate surface area is 135 Å². The van der Waals surface area contributed by atoms with Gasteiger partial charge in [0.25, 0.3) is 5.91 Å². The lowest BCUT2D eigenvalue weighted by Gasteiger charge is -2.12. The van der Waals surface area contributed by atoms with E-state index >= 15 is 0 Å². The summed E-state index contributed by atoms with van der Waals surface area (Å²) in [5, 5.41) is 14.5. The number of carbonyl (C=O) groups is 1. The minimum absolute atomic E-state index is 0.00168. The van der Waals surface area contributed by atoms with Gasteiger partial charge in [0.15, 0.2) is 0 Å². The van der Waals surface area contributed by atoms with E-state index in [4.69, 9.17) is 11.6 Å². The Morgan fingerprint density at radius 1 is 1.52 bits per heavy atom. The Balaban J connectivity index is 1.99. The Morgan fingerprint density at radius 3 is 2.95 bits per heavy atom. The molecule has 2 aromatic rings. The van der Waals surface area contributed by atoms with E-state index in [1.165, 1.54) is 35.2 Å². The lowest BCUT2D eigenvalue weighted by atomic mass is 10.1. The molecule has 1 heterocycles. The van der Waals surface area contributed by atoms with Gasteiger partial charge in [-0.3, -0.25) is 4.79 Å². The van der Waals surface area contributed by atoms with Crippen LogP contribution in [0.5, 0.6) is 0 Å². The van der Waals surface area contributed by atoms with Gasteiger partial charge in [0, 0.05) is 11.4 Å². The Kier molecular flexibility index (Phi) is 5.64. The zero-order chi connectivity index (χ0) is 15.4. The highest BCUT2D eigenvalue weighted by molar-refractivity contribution is 7.98. The van der Waals surface area contributed by atoms with E-state index in [1.807, 2.05) is 17.7 Å². The summed E-state index contributed by atoms with van der Waals surface area (Å²) in [6, 6.07) is 5.94. The van der Waals surface area contributed by atoms with Gasteiger partial charge >= 0.3 is 0 Å². The van der Waals surface area contributed by atoms with Crippen LogP contribution >= 0.6 is 34.7 Å². The number of amides is 1. The fourth-order valence-corrected chi connectivity index (χ4v) is 3.51. The summed E-state index contributed by atoms with van der Waals surface area (Å²) in [6.45, 7) is 0.00558. The summed E-state index contributed by atoms with van der Waals surface area (Å²) in [6.07, 6.45) is 0.905. The standard InChI is InChI=1S/C14H13ClFNO2S2/c1-20-12-4-5-21-13(12)14(19)17-7-11(18)8-2-3-9(15)10(16)6-8/h2-6,11,18H,7H2,1H3,(H,17,19). The number of benzene rings is 1. The number of thioether (sulfide) groups is 1. The van der Waals surface area contributed by atoms with Gasteiger partial charge in [-0.05, 0) is 35.4 Å². The van der Waals surface area contributed by atoms with E-state index in [2.05, 4.69) is 5.32 Å². The Bertz CT molecular complexity index is 648. The first-order chi connectivity index (χ1) is 10.0. The summed E-state index contributed by atoms with van der Waals surface area (Å²) >= 11 is 8.42. The first-order valence-electron chi connectivity index (χ1n) is 6.05. The van der Waals surface area contributed by atoms with Crippen LogP contribution < -0.4 is 5.32 Å². The van der Waals surface area contributed by atoms with Gasteiger partial charge in [-0.1, -0.05) is 17.7 Å². The molecule has 0 aliphatic rings. The van der Waals surface area contributed by atoms with Crippen molar-refractivity contribution in [3.8, 4) is 0 Å². The number of nitrogens with one attached hydrogen (secondary N) is 1. The lowest BCUT2D eigenvalue weighted by molar-refractivity contribution is 0.0917. The van der Waals surface area contributed by atoms with Crippen LogP contribution in [0, 0.1) is 5.82 Å². The van der Waals surface area contributed by atoms with Gasteiger partial charge in [-0.15, -0.1) is 23.1 Å².